The molecule has 196 valence electrons. The molecule has 1 atom stereocenters. The average Bonchev–Trinajstić information content (AvgIpc) is 2.94. The van der Waals surface area contributed by atoms with Crippen LogP contribution in [0.1, 0.15) is 40.0 Å². The molecular formula is C26H33FN2O5S2. The minimum Gasteiger partial charge on any atom is -0.461 e. The summed E-state index contributed by atoms with van der Waals surface area (Å²) in [5, 5.41) is 0. The van der Waals surface area contributed by atoms with E-state index >= 15 is 0 Å². The van der Waals surface area contributed by atoms with Gasteiger partial charge in [0.05, 0.1) is 22.7 Å². The van der Waals surface area contributed by atoms with Gasteiger partial charge < -0.3 is 14.4 Å². The van der Waals surface area contributed by atoms with Gasteiger partial charge in [0.25, 0.3) is 0 Å². The first-order chi connectivity index (χ1) is 17.1. The van der Waals surface area contributed by atoms with Gasteiger partial charge in [-0.25, -0.2) is 13.2 Å². The number of carbonyl (C=O) groups is 1. The van der Waals surface area contributed by atoms with Crippen molar-refractivity contribution in [1.82, 2.24) is 4.31 Å². The summed E-state index contributed by atoms with van der Waals surface area (Å²) in [6.07, 6.45) is 4.96. The van der Waals surface area contributed by atoms with Gasteiger partial charge in [0.1, 0.15) is 16.9 Å². The smallest absolute Gasteiger partial charge is 0.370 e. The normalized spacial score (nSPS) is 19.9. The van der Waals surface area contributed by atoms with E-state index in [1.54, 1.807) is 20.0 Å². The molecule has 0 fully saturated rings. The lowest BCUT2D eigenvalue weighted by atomic mass is 9.93. The molecule has 3 rings (SSSR count). The number of para-hydroxylation sites is 1. The van der Waals surface area contributed by atoms with Crippen LogP contribution in [0.15, 0.2) is 64.3 Å². The number of thioether (sulfide) groups is 1. The molecule has 2 aromatic carbocycles. The van der Waals surface area contributed by atoms with E-state index in [4.69, 9.17) is 4.74 Å². The molecule has 7 nitrogen and oxygen atoms in total. The third-order valence-corrected chi connectivity index (χ3v) is 9.13. The molecule has 0 N–H and O–H groups in total. The number of nitrogens with zero attached hydrogens (tertiary/aromatic N) is 2. The van der Waals surface area contributed by atoms with E-state index < -0.39 is 27.4 Å². The zero-order chi connectivity index (χ0) is 26.5. The van der Waals surface area contributed by atoms with Crippen molar-refractivity contribution in [1.29, 1.82) is 0 Å². The summed E-state index contributed by atoms with van der Waals surface area (Å²) in [5.74, 6) is -2.23. The van der Waals surface area contributed by atoms with Crippen LogP contribution in [0.3, 0.4) is 0 Å². The number of anilines is 2. The number of ether oxygens (including phenoxy) is 2. The summed E-state index contributed by atoms with van der Waals surface area (Å²) in [4.78, 5) is 14.3. The highest BCUT2D eigenvalue weighted by molar-refractivity contribution is 7.98. The van der Waals surface area contributed by atoms with Crippen LogP contribution >= 0.6 is 11.8 Å². The van der Waals surface area contributed by atoms with Crippen molar-refractivity contribution >= 4 is 39.1 Å². The number of hydrogen-bond donors (Lipinski definition) is 0. The second kappa shape index (κ2) is 11.7. The van der Waals surface area contributed by atoms with E-state index in [9.17, 15) is 17.6 Å². The number of hydrogen-bond acceptors (Lipinski definition) is 7. The summed E-state index contributed by atoms with van der Waals surface area (Å²) < 4.78 is 53.6. The molecule has 0 unspecified atom stereocenters. The van der Waals surface area contributed by atoms with E-state index in [-0.39, 0.29) is 17.3 Å². The fourth-order valence-electron chi connectivity index (χ4n) is 4.16. The average molecular weight is 537 g/mol. The van der Waals surface area contributed by atoms with Crippen LogP contribution in [0, 0.1) is 0 Å². The van der Waals surface area contributed by atoms with Gasteiger partial charge in [-0.1, -0.05) is 38.0 Å². The first-order valence-corrected chi connectivity index (χ1v) is 14.5. The minimum absolute atomic E-state index is 0.0195. The molecule has 0 saturated heterocycles. The number of rotatable bonds is 9. The van der Waals surface area contributed by atoms with Crippen molar-refractivity contribution in [3.63, 3.8) is 0 Å². The fraction of sp³-hybridized carbons (Fsp3) is 0.423. The monoisotopic (exact) mass is 536 g/mol. The molecule has 0 aromatic heterocycles. The number of fused-ring (bicyclic) bond motifs is 1. The van der Waals surface area contributed by atoms with Gasteiger partial charge in [0.2, 0.25) is 15.9 Å². The standard InChI is InChI=1S/C26H33FN2O5S2/c1-6-8-14-26(3)18-29(19-12-10-9-11-13-19)21-15-23(35-5)22(16-24(21)36(31,32)28(26)4)34-17-20(27)25(30)33-7-2/h9-13,15-17H,6-8,14,18H2,1-5H3/b20-17-/t26-/m1/s1. The molecule has 0 amide bonds. The topological polar surface area (TPSA) is 76.1 Å². The van der Waals surface area contributed by atoms with Crippen LogP contribution in [0.2, 0.25) is 0 Å². The van der Waals surface area contributed by atoms with Crippen molar-refractivity contribution < 1.29 is 27.1 Å². The predicted molar refractivity (Wildman–Crippen MR) is 141 cm³/mol. The highest BCUT2D eigenvalue weighted by atomic mass is 32.2. The first kappa shape index (κ1) is 28.0. The second-order valence-corrected chi connectivity index (χ2v) is 11.6. The Morgan fingerprint density at radius 2 is 1.92 bits per heavy atom. The Balaban J connectivity index is 2.20. The molecule has 0 aliphatic carbocycles. The number of halogens is 1. The summed E-state index contributed by atoms with van der Waals surface area (Å²) in [7, 11) is -2.35. The third kappa shape index (κ3) is 5.71. The number of unbranched alkanes of at least 4 members (excludes halogenated alkanes) is 1. The van der Waals surface area contributed by atoms with Crippen LogP contribution in [-0.2, 0) is 19.6 Å². The van der Waals surface area contributed by atoms with Gasteiger partial charge in [-0.3, -0.25) is 0 Å². The van der Waals surface area contributed by atoms with Crippen LogP contribution in [-0.4, -0.2) is 50.7 Å². The SMILES string of the molecule is CCCC[C@]1(C)CN(c2ccccc2)c2cc(SC)c(O/C=C(\F)C(=O)OCC)cc2S(=O)(=O)N1C. The van der Waals surface area contributed by atoms with Gasteiger partial charge in [-0.05, 0) is 44.7 Å². The lowest BCUT2D eigenvalue weighted by Crippen LogP contribution is -2.51. The Hall–Kier alpha value is -2.56. The number of likely N-dealkylation sites (N-methyl/N-ethyl adjacent to an activating group) is 1. The molecular weight excluding hydrogens is 503 g/mol. The maximum Gasteiger partial charge on any atom is 0.370 e. The molecule has 0 bridgehead atoms. The molecule has 1 aliphatic rings. The van der Waals surface area contributed by atoms with Gasteiger partial charge in [-0.2, -0.15) is 8.70 Å². The molecule has 0 radical (unpaired) electrons. The lowest BCUT2D eigenvalue weighted by Gasteiger charge is -2.39. The van der Waals surface area contributed by atoms with E-state index in [2.05, 4.69) is 11.7 Å². The van der Waals surface area contributed by atoms with Crippen LogP contribution in [0.4, 0.5) is 15.8 Å². The van der Waals surface area contributed by atoms with Crippen LogP contribution < -0.4 is 9.64 Å². The Kier molecular flexibility index (Phi) is 9.08. The van der Waals surface area contributed by atoms with Crippen molar-refractivity contribution in [2.24, 2.45) is 0 Å². The van der Waals surface area contributed by atoms with E-state index in [1.165, 1.54) is 22.1 Å². The second-order valence-electron chi connectivity index (χ2n) is 8.77. The number of carbonyl (C=O) groups excluding carboxylic acids is 1. The Labute approximate surface area is 217 Å². The summed E-state index contributed by atoms with van der Waals surface area (Å²) in [5.41, 5.74) is 0.695. The van der Waals surface area contributed by atoms with E-state index in [0.29, 0.717) is 29.8 Å². The third-order valence-electron chi connectivity index (χ3n) is 6.33. The van der Waals surface area contributed by atoms with Crippen molar-refractivity contribution in [2.45, 2.75) is 55.4 Å². The first-order valence-electron chi connectivity index (χ1n) is 11.8. The fourth-order valence-corrected chi connectivity index (χ4v) is 6.41. The zero-order valence-electron chi connectivity index (χ0n) is 21.3. The molecule has 0 spiro atoms. The van der Waals surface area contributed by atoms with Crippen LogP contribution in [0.5, 0.6) is 5.75 Å². The van der Waals surface area contributed by atoms with Gasteiger partial charge in [-0.15, -0.1) is 11.8 Å². The maximum atomic E-state index is 14.1. The van der Waals surface area contributed by atoms with E-state index in [0.717, 1.165) is 18.5 Å². The maximum absolute atomic E-state index is 14.1. The molecule has 0 saturated carbocycles. The highest BCUT2D eigenvalue weighted by Gasteiger charge is 2.44. The quantitative estimate of drug-likeness (QED) is 0.171. The van der Waals surface area contributed by atoms with Gasteiger partial charge >= 0.3 is 5.97 Å². The number of esters is 1. The van der Waals surface area contributed by atoms with Crippen molar-refractivity contribution in [3.8, 4) is 5.75 Å². The summed E-state index contributed by atoms with van der Waals surface area (Å²) in [6.45, 7) is 6.08. The minimum atomic E-state index is -3.95. The lowest BCUT2D eigenvalue weighted by molar-refractivity contribution is -0.140. The Bertz CT molecular complexity index is 1220. The molecule has 1 heterocycles. The number of benzene rings is 2. The zero-order valence-corrected chi connectivity index (χ0v) is 22.9. The highest BCUT2D eigenvalue weighted by Crippen LogP contribution is 2.45. The van der Waals surface area contributed by atoms with Crippen molar-refractivity contribution in [3.05, 3.63) is 54.6 Å². The van der Waals surface area contributed by atoms with Crippen molar-refractivity contribution in [2.75, 3.05) is 31.4 Å². The summed E-state index contributed by atoms with van der Waals surface area (Å²) >= 11 is 1.33. The van der Waals surface area contributed by atoms with Gasteiger partial charge in [0, 0.05) is 25.3 Å². The molecule has 10 heteroatoms. The van der Waals surface area contributed by atoms with Gasteiger partial charge in [0.15, 0.2) is 0 Å². The summed E-state index contributed by atoms with van der Waals surface area (Å²) in [6, 6.07) is 12.8. The number of sulfonamides is 1. The Morgan fingerprint density at radius 1 is 1.22 bits per heavy atom. The Morgan fingerprint density at radius 3 is 2.53 bits per heavy atom. The van der Waals surface area contributed by atoms with Crippen LogP contribution in [0.25, 0.3) is 0 Å². The largest absolute Gasteiger partial charge is 0.461 e. The predicted octanol–water partition coefficient (Wildman–Crippen LogP) is 5.88. The molecule has 1 aliphatic heterocycles. The molecule has 2 aromatic rings. The van der Waals surface area contributed by atoms with E-state index in [1.807, 2.05) is 48.4 Å². The molecule has 36 heavy (non-hydrogen) atoms.